The topological polar surface area (TPSA) is 32.9 Å². The van der Waals surface area contributed by atoms with Crippen molar-refractivity contribution in [2.45, 2.75) is 33.1 Å². The Bertz CT molecular complexity index is 832. The summed E-state index contributed by atoms with van der Waals surface area (Å²) in [6.07, 6.45) is 0. The summed E-state index contributed by atoms with van der Waals surface area (Å²) in [6.45, 7) is 8.23. The summed E-state index contributed by atoms with van der Waals surface area (Å²) >= 11 is 0. The van der Waals surface area contributed by atoms with Crippen molar-refractivity contribution in [3.8, 4) is 11.3 Å². The molecule has 0 fully saturated rings. The normalized spacial score (nSPS) is 11.8. The SMILES string of the molecule is CC(=O)c1c(-c2ccc(C(C)(C)C)cc2)[nH]c2ccccc12. The minimum atomic E-state index is 0.0901. The van der Waals surface area contributed by atoms with Crippen LogP contribution in [0.4, 0.5) is 0 Å². The average Bonchev–Trinajstić information content (AvgIpc) is 2.86. The highest BCUT2D eigenvalue weighted by molar-refractivity contribution is 6.12. The zero-order valence-corrected chi connectivity index (χ0v) is 13.5. The van der Waals surface area contributed by atoms with Crippen LogP contribution in [0.25, 0.3) is 22.2 Å². The molecule has 2 aromatic carbocycles. The van der Waals surface area contributed by atoms with E-state index < -0.39 is 0 Å². The number of benzene rings is 2. The molecule has 3 aromatic rings. The summed E-state index contributed by atoms with van der Waals surface area (Å²) in [6, 6.07) is 16.4. The van der Waals surface area contributed by atoms with Crippen molar-refractivity contribution in [2.24, 2.45) is 0 Å². The highest BCUT2D eigenvalue weighted by Crippen LogP contribution is 2.32. The third kappa shape index (κ3) is 2.45. The molecule has 0 atom stereocenters. The minimum Gasteiger partial charge on any atom is -0.354 e. The van der Waals surface area contributed by atoms with Crippen molar-refractivity contribution < 1.29 is 4.79 Å². The molecule has 112 valence electrons. The maximum absolute atomic E-state index is 12.1. The van der Waals surface area contributed by atoms with Crippen LogP contribution in [-0.2, 0) is 5.41 Å². The molecule has 0 aliphatic carbocycles. The highest BCUT2D eigenvalue weighted by atomic mass is 16.1. The number of carbonyl (C=O) groups is 1. The first-order valence-electron chi connectivity index (χ1n) is 7.60. The molecule has 0 bridgehead atoms. The number of hydrogen-bond donors (Lipinski definition) is 1. The third-order valence-electron chi connectivity index (χ3n) is 4.10. The summed E-state index contributed by atoms with van der Waals surface area (Å²) in [7, 11) is 0. The molecule has 0 aliphatic heterocycles. The standard InChI is InChI=1S/C20H21NO/c1-13(22)18-16-7-5-6-8-17(16)21-19(18)14-9-11-15(12-10-14)20(2,3)4/h5-12,21H,1-4H3. The maximum Gasteiger partial charge on any atom is 0.162 e. The number of H-pyrrole nitrogens is 1. The van der Waals surface area contributed by atoms with Crippen LogP contribution in [0.5, 0.6) is 0 Å². The first-order chi connectivity index (χ1) is 10.4. The number of hydrogen-bond acceptors (Lipinski definition) is 1. The molecule has 1 heterocycles. The number of Topliss-reactive ketones (excluding diaryl/α,β-unsaturated/α-hetero) is 1. The molecule has 3 rings (SSSR count). The van der Waals surface area contributed by atoms with Crippen molar-refractivity contribution in [2.75, 3.05) is 0 Å². The summed E-state index contributed by atoms with van der Waals surface area (Å²) in [5.74, 6) is 0.0901. The molecular formula is C20H21NO. The van der Waals surface area contributed by atoms with Gasteiger partial charge in [0.05, 0.1) is 11.3 Å². The van der Waals surface area contributed by atoms with Gasteiger partial charge in [-0.15, -0.1) is 0 Å². The predicted octanol–water partition coefficient (Wildman–Crippen LogP) is 5.34. The van der Waals surface area contributed by atoms with Gasteiger partial charge in [-0.2, -0.15) is 0 Å². The van der Waals surface area contributed by atoms with Crippen LogP contribution in [0.3, 0.4) is 0 Å². The molecule has 0 spiro atoms. The van der Waals surface area contributed by atoms with E-state index in [1.54, 1.807) is 6.92 Å². The molecule has 0 saturated heterocycles. The Morgan fingerprint density at radius 2 is 1.59 bits per heavy atom. The van der Waals surface area contributed by atoms with Crippen molar-refractivity contribution in [1.82, 2.24) is 4.98 Å². The molecule has 22 heavy (non-hydrogen) atoms. The van der Waals surface area contributed by atoms with Gasteiger partial charge in [0, 0.05) is 10.9 Å². The van der Waals surface area contributed by atoms with Gasteiger partial charge in [-0.25, -0.2) is 0 Å². The van der Waals surface area contributed by atoms with Crippen LogP contribution in [0, 0.1) is 0 Å². The van der Waals surface area contributed by atoms with Gasteiger partial charge in [0.25, 0.3) is 0 Å². The number of fused-ring (bicyclic) bond motifs is 1. The van der Waals surface area contributed by atoms with E-state index in [0.29, 0.717) is 0 Å². The monoisotopic (exact) mass is 291 g/mol. The predicted molar refractivity (Wildman–Crippen MR) is 92.4 cm³/mol. The second-order valence-corrected chi connectivity index (χ2v) is 6.80. The van der Waals surface area contributed by atoms with E-state index >= 15 is 0 Å². The van der Waals surface area contributed by atoms with E-state index in [4.69, 9.17) is 0 Å². The van der Waals surface area contributed by atoms with Crippen LogP contribution >= 0.6 is 0 Å². The van der Waals surface area contributed by atoms with Crippen LogP contribution in [0.1, 0.15) is 43.6 Å². The Balaban J connectivity index is 2.18. The lowest BCUT2D eigenvalue weighted by atomic mass is 9.86. The van der Waals surface area contributed by atoms with Crippen molar-refractivity contribution >= 4 is 16.7 Å². The Morgan fingerprint density at radius 1 is 0.955 bits per heavy atom. The van der Waals surface area contributed by atoms with Crippen molar-refractivity contribution in [1.29, 1.82) is 0 Å². The van der Waals surface area contributed by atoms with Gasteiger partial charge in [0.2, 0.25) is 0 Å². The quantitative estimate of drug-likeness (QED) is 0.635. The van der Waals surface area contributed by atoms with E-state index in [1.165, 1.54) is 5.56 Å². The van der Waals surface area contributed by atoms with E-state index in [0.717, 1.165) is 27.7 Å². The lowest BCUT2D eigenvalue weighted by molar-refractivity contribution is 0.102. The number of ketones is 1. The van der Waals surface area contributed by atoms with E-state index in [2.05, 4.69) is 50.0 Å². The molecule has 0 radical (unpaired) electrons. The van der Waals surface area contributed by atoms with Gasteiger partial charge in [-0.05, 0) is 29.5 Å². The van der Waals surface area contributed by atoms with Gasteiger partial charge in [0.15, 0.2) is 5.78 Å². The highest BCUT2D eigenvalue weighted by Gasteiger charge is 2.18. The van der Waals surface area contributed by atoms with E-state index in [-0.39, 0.29) is 11.2 Å². The van der Waals surface area contributed by atoms with E-state index in [1.807, 2.05) is 24.3 Å². The Hall–Kier alpha value is -2.35. The Morgan fingerprint density at radius 3 is 2.18 bits per heavy atom. The summed E-state index contributed by atoms with van der Waals surface area (Å²) in [4.78, 5) is 15.5. The van der Waals surface area contributed by atoms with Gasteiger partial charge >= 0.3 is 0 Å². The van der Waals surface area contributed by atoms with E-state index in [9.17, 15) is 4.79 Å². The van der Waals surface area contributed by atoms with Crippen LogP contribution < -0.4 is 0 Å². The fraction of sp³-hybridized carbons (Fsp3) is 0.250. The number of carbonyl (C=O) groups excluding carboxylic acids is 1. The average molecular weight is 291 g/mol. The fourth-order valence-corrected chi connectivity index (χ4v) is 2.86. The van der Waals surface area contributed by atoms with Gasteiger partial charge < -0.3 is 4.98 Å². The van der Waals surface area contributed by atoms with Crippen LogP contribution in [0.15, 0.2) is 48.5 Å². The van der Waals surface area contributed by atoms with Gasteiger partial charge in [-0.1, -0.05) is 63.2 Å². The second kappa shape index (κ2) is 5.13. The molecule has 2 heteroatoms. The lowest BCUT2D eigenvalue weighted by Gasteiger charge is -2.19. The molecule has 1 aromatic heterocycles. The molecular weight excluding hydrogens is 270 g/mol. The largest absolute Gasteiger partial charge is 0.354 e. The number of rotatable bonds is 2. The van der Waals surface area contributed by atoms with Gasteiger partial charge in [-0.3, -0.25) is 4.79 Å². The van der Waals surface area contributed by atoms with Crippen LogP contribution in [-0.4, -0.2) is 10.8 Å². The number of aromatic nitrogens is 1. The Labute approximate surface area is 131 Å². The first-order valence-corrected chi connectivity index (χ1v) is 7.60. The second-order valence-electron chi connectivity index (χ2n) is 6.80. The first kappa shape index (κ1) is 14.6. The lowest BCUT2D eigenvalue weighted by Crippen LogP contribution is -2.10. The third-order valence-corrected chi connectivity index (χ3v) is 4.10. The maximum atomic E-state index is 12.1. The molecule has 0 saturated carbocycles. The summed E-state index contributed by atoms with van der Waals surface area (Å²) < 4.78 is 0. The number of nitrogens with one attached hydrogen (secondary N) is 1. The smallest absolute Gasteiger partial charge is 0.162 e. The van der Waals surface area contributed by atoms with Gasteiger partial charge in [0.1, 0.15) is 0 Å². The summed E-state index contributed by atoms with van der Waals surface area (Å²) in [5.41, 5.74) is 5.16. The molecule has 1 N–H and O–H groups in total. The number of para-hydroxylation sites is 1. The molecule has 2 nitrogen and oxygen atoms in total. The fourth-order valence-electron chi connectivity index (χ4n) is 2.86. The molecule has 0 unspecified atom stereocenters. The zero-order valence-electron chi connectivity index (χ0n) is 13.5. The number of aromatic amines is 1. The zero-order chi connectivity index (χ0) is 15.9. The van der Waals surface area contributed by atoms with Crippen molar-refractivity contribution in [3.63, 3.8) is 0 Å². The molecule has 0 aliphatic rings. The summed E-state index contributed by atoms with van der Waals surface area (Å²) in [5, 5.41) is 0.991. The molecule has 0 amide bonds. The van der Waals surface area contributed by atoms with Crippen molar-refractivity contribution in [3.05, 3.63) is 59.7 Å². The van der Waals surface area contributed by atoms with Crippen LogP contribution in [0.2, 0.25) is 0 Å². The minimum absolute atomic E-state index is 0.0901. The Kier molecular flexibility index (Phi) is 3.40.